The number of hydrogen-bond donors (Lipinski definition) is 4. The molecule has 9 rings (SSSR count). The summed E-state index contributed by atoms with van der Waals surface area (Å²) in [5.41, 5.74) is 2.71. The van der Waals surface area contributed by atoms with E-state index in [0.29, 0.717) is 45.7 Å². The molecule has 61 heavy (non-hydrogen) atoms. The number of halogens is 2. The fourth-order valence-electron chi connectivity index (χ4n) is 10.5. The van der Waals surface area contributed by atoms with E-state index in [1.54, 1.807) is 25.2 Å². The molecule has 4 fully saturated rings. The van der Waals surface area contributed by atoms with E-state index in [1.807, 2.05) is 30.3 Å². The van der Waals surface area contributed by atoms with Crippen LogP contribution >= 0.6 is 11.3 Å². The average Bonchev–Trinajstić information content (AvgIpc) is 3.73. The zero-order chi connectivity index (χ0) is 42.8. The molecular weight excluding hydrogens is 801 g/mol. The number of piperidine rings is 1. The Hall–Kier alpha value is -5.12. The minimum atomic E-state index is -2.79. The van der Waals surface area contributed by atoms with Crippen molar-refractivity contribution < 1.29 is 33.1 Å². The third-order valence-electron chi connectivity index (χ3n) is 13.4. The van der Waals surface area contributed by atoms with Crippen molar-refractivity contribution in [2.24, 2.45) is 17.3 Å². The van der Waals surface area contributed by atoms with Crippen molar-refractivity contribution in [3.05, 3.63) is 88.2 Å². The van der Waals surface area contributed by atoms with Crippen molar-refractivity contribution in [3.8, 4) is 0 Å². The maximum atomic E-state index is 13.6. The molecule has 320 valence electrons. The molecule has 3 aliphatic heterocycles. The molecule has 4 amide bonds. The van der Waals surface area contributed by atoms with Crippen LogP contribution in [0.2, 0.25) is 0 Å². The molecule has 1 spiro atoms. The van der Waals surface area contributed by atoms with Crippen molar-refractivity contribution in [3.63, 3.8) is 0 Å². The standard InChI is InChI=1S/C46H51F2N7O5S/c1-25-29-6-4-7-31(39(29)44(59)55(25)36-14-15-38(56)53-42(36)58)49-17-16-27-20-46(21-27)23-54(24-46)22-26-10-12-28(13-11-26)43-52-35-18-30(45(2,3)60)34(19-37(35)61-43)51-41(57)33-9-5-8-32(50-33)40(47)48/h4-9,18-19,26-28,36,40,49,60H,1,10-17,20-24H2,2-3H3,(H,51,57)(H,53,56,58). The van der Waals surface area contributed by atoms with Gasteiger partial charge in [0.1, 0.15) is 17.4 Å². The van der Waals surface area contributed by atoms with Gasteiger partial charge in [-0.25, -0.2) is 18.7 Å². The number of hydrogen-bond acceptors (Lipinski definition) is 10. The highest BCUT2D eigenvalue weighted by Gasteiger charge is 2.52. The highest BCUT2D eigenvalue weighted by Crippen LogP contribution is 2.53. The molecule has 4 N–H and O–H groups in total. The van der Waals surface area contributed by atoms with Gasteiger partial charge in [-0.1, -0.05) is 24.8 Å². The fraction of sp³-hybridized carbons (Fsp3) is 0.478. The third-order valence-corrected chi connectivity index (χ3v) is 14.6. The fourth-order valence-corrected chi connectivity index (χ4v) is 11.6. The topological polar surface area (TPSA) is 157 Å². The second kappa shape index (κ2) is 16.0. The van der Waals surface area contributed by atoms with Gasteiger partial charge in [-0.3, -0.25) is 29.4 Å². The Morgan fingerprint density at radius 1 is 1.02 bits per heavy atom. The summed E-state index contributed by atoms with van der Waals surface area (Å²) in [6.07, 6.45) is 5.57. The van der Waals surface area contributed by atoms with Crippen LogP contribution in [0.1, 0.15) is 127 Å². The van der Waals surface area contributed by atoms with Gasteiger partial charge in [0.05, 0.1) is 26.4 Å². The van der Waals surface area contributed by atoms with Gasteiger partial charge in [0.25, 0.3) is 18.2 Å². The van der Waals surface area contributed by atoms with E-state index in [0.717, 1.165) is 84.8 Å². The Kier molecular flexibility index (Phi) is 10.8. The van der Waals surface area contributed by atoms with Crippen LogP contribution in [0.15, 0.2) is 55.1 Å². The van der Waals surface area contributed by atoms with Crippen LogP contribution in [0.25, 0.3) is 15.9 Å². The molecule has 2 aromatic carbocycles. The third kappa shape index (κ3) is 8.07. The van der Waals surface area contributed by atoms with E-state index in [1.165, 1.54) is 35.9 Å². The van der Waals surface area contributed by atoms with E-state index in [4.69, 9.17) is 4.98 Å². The number of aliphatic hydroxyl groups is 1. The average molecular weight is 852 g/mol. The van der Waals surface area contributed by atoms with Gasteiger partial charge in [0.2, 0.25) is 11.8 Å². The number of carbonyl (C=O) groups excluding carboxylic acids is 4. The molecule has 2 aliphatic carbocycles. The van der Waals surface area contributed by atoms with E-state index in [-0.39, 0.29) is 30.3 Å². The lowest BCUT2D eigenvalue weighted by molar-refractivity contribution is -0.136. The number of benzene rings is 2. The molecule has 5 aliphatic rings. The van der Waals surface area contributed by atoms with Crippen LogP contribution in [0.3, 0.4) is 0 Å². The molecule has 12 nitrogen and oxygen atoms in total. The quantitative estimate of drug-likeness (QED) is 0.104. The minimum Gasteiger partial charge on any atom is -0.386 e. The number of pyridine rings is 1. The van der Waals surface area contributed by atoms with Gasteiger partial charge in [0, 0.05) is 66.7 Å². The van der Waals surface area contributed by atoms with Crippen molar-refractivity contribution in [1.82, 2.24) is 25.1 Å². The maximum absolute atomic E-state index is 13.6. The monoisotopic (exact) mass is 851 g/mol. The van der Waals surface area contributed by atoms with Crippen LogP contribution in [0.4, 0.5) is 20.2 Å². The van der Waals surface area contributed by atoms with Crippen LogP contribution < -0.4 is 16.0 Å². The summed E-state index contributed by atoms with van der Waals surface area (Å²) in [6, 6.07) is 12.5. The summed E-state index contributed by atoms with van der Waals surface area (Å²) in [6.45, 7) is 11.6. The van der Waals surface area contributed by atoms with Crippen molar-refractivity contribution in [2.75, 3.05) is 36.8 Å². The van der Waals surface area contributed by atoms with Crippen molar-refractivity contribution in [1.29, 1.82) is 0 Å². The number of rotatable bonds is 12. The molecule has 0 radical (unpaired) electrons. The molecule has 4 aromatic rings. The number of imide groups is 1. The minimum absolute atomic E-state index is 0.126. The van der Waals surface area contributed by atoms with Gasteiger partial charge in [-0.05, 0) is 113 Å². The number of nitrogens with zero attached hydrogens (tertiary/aromatic N) is 4. The van der Waals surface area contributed by atoms with Gasteiger partial charge < -0.3 is 20.6 Å². The molecule has 1 unspecified atom stereocenters. The summed E-state index contributed by atoms with van der Waals surface area (Å²) in [5.74, 6) is -0.00382. The molecule has 0 bridgehead atoms. The largest absolute Gasteiger partial charge is 0.386 e. The maximum Gasteiger partial charge on any atom is 0.280 e. The first-order chi connectivity index (χ1) is 29.1. The van der Waals surface area contributed by atoms with E-state index < -0.39 is 35.6 Å². The smallest absolute Gasteiger partial charge is 0.280 e. The summed E-state index contributed by atoms with van der Waals surface area (Å²) >= 11 is 1.61. The van der Waals surface area contributed by atoms with Gasteiger partial charge in [-0.15, -0.1) is 11.3 Å². The second-order valence-corrected chi connectivity index (χ2v) is 19.4. The molecule has 15 heteroatoms. The number of amides is 4. The molecule has 1 atom stereocenters. The number of fused-ring (bicyclic) bond motifs is 2. The second-order valence-electron chi connectivity index (χ2n) is 18.4. The van der Waals surface area contributed by atoms with E-state index >= 15 is 0 Å². The van der Waals surface area contributed by atoms with E-state index in [2.05, 4.69) is 32.4 Å². The summed E-state index contributed by atoms with van der Waals surface area (Å²) in [7, 11) is 0. The summed E-state index contributed by atoms with van der Waals surface area (Å²) in [5, 5.41) is 20.7. The molecule has 2 saturated carbocycles. The normalized spacial score (nSPS) is 23.0. The van der Waals surface area contributed by atoms with Gasteiger partial charge in [-0.2, -0.15) is 0 Å². The first kappa shape index (κ1) is 41.2. The molecule has 2 aromatic heterocycles. The van der Waals surface area contributed by atoms with E-state index in [9.17, 15) is 33.1 Å². The lowest BCUT2D eigenvalue weighted by Crippen LogP contribution is -2.63. The first-order valence-corrected chi connectivity index (χ1v) is 22.2. The molecule has 2 saturated heterocycles. The number of anilines is 2. The Morgan fingerprint density at radius 2 is 1.77 bits per heavy atom. The van der Waals surface area contributed by atoms with Crippen LogP contribution in [-0.2, 0) is 15.2 Å². The Balaban J connectivity index is 0.732. The Labute approximate surface area is 357 Å². The van der Waals surface area contributed by atoms with Crippen LogP contribution in [0, 0.1) is 17.3 Å². The van der Waals surface area contributed by atoms with Crippen LogP contribution in [0.5, 0.6) is 0 Å². The number of nitrogens with one attached hydrogen (secondary N) is 3. The van der Waals surface area contributed by atoms with Gasteiger partial charge in [0.15, 0.2) is 0 Å². The molecular formula is C46H51F2N7O5S. The van der Waals surface area contributed by atoms with Crippen molar-refractivity contribution >= 4 is 62.3 Å². The Morgan fingerprint density at radius 3 is 2.49 bits per heavy atom. The highest BCUT2D eigenvalue weighted by molar-refractivity contribution is 7.18. The number of thiazole rings is 1. The number of aromatic nitrogens is 2. The lowest BCUT2D eigenvalue weighted by atomic mass is 9.57. The molecule has 5 heterocycles. The van der Waals surface area contributed by atoms with Crippen LogP contribution in [-0.4, -0.2) is 80.7 Å². The lowest BCUT2D eigenvalue weighted by Gasteiger charge is -2.60. The summed E-state index contributed by atoms with van der Waals surface area (Å²) < 4.78 is 27.4. The zero-order valence-electron chi connectivity index (χ0n) is 34.4. The zero-order valence-corrected chi connectivity index (χ0v) is 35.3. The number of carbonyl (C=O) groups is 4. The highest BCUT2D eigenvalue weighted by atomic mass is 32.1. The van der Waals surface area contributed by atoms with Gasteiger partial charge >= 0.3 is 0 Å². The predicted octanol–water partition coefficient (Wildman–Crippen LogP) is 7.83. The number of alkyl halides is 2. The predicted molar refractivity (Wildman–Crippen MR) is 229 cm³/mol. The first-order valence-electron chi connectivity index (χ1n) is 21.3. The van der Waals surface area contributed by atoms with Crippen molar-refractivity contribution in [2.45, 2.75) is 95.6 Å². The Bertz CT molecular complexity index is 2430. The SMILES string of the molecule is C=C1c2cccc(NCCC3CC4(C3)CN(CC3CCC(c5nc6cc(C(C)(C)O)c(NC(=O)c7cccc(C(F)F)n7)cc6s5)CC3)C4)c2C(=O)N1C1CCC(=O)NC1=O. The summed E-state index contributed by atoms with van der Waals surface area (Å²) in [4.78, 5) is 63.9. The number of likely N-dealkylation sites (tertiary alicyclic amines) is 1.